The van der Waals surface area contributed by atoms with Crippen molar-refractivity contribution >= 4 is 5.70 Å². The predicted molar refractivity (Wildman–Crippen MR) is 82.9 cm³/mol. The van der Waals surface area contributed by atoms with Gasteiger partial charge in [-0.25, -0.2) is 9.67 Å². The molecule has 0 amide bonds. The average Bonchev–Trinajstić information content (AvgIpc) is 2.91. The number of allylic oxidation sites excluding steroid dienone is 6. The van der Waals surface area contributed by atoms with Crippen LogP contribution in [0.4, 0.5) is 0 Å². The van der Waals surface area contributed by atoms with E-state index in [2.05, 4.69) is 16.7 Å². The van der Waals surface area contributed by atoms with Gasteiger partial charge in [0.1, 0.15) is 18.8 Å². The summed E-state index contributed by atoms with van der Waals surface area (Å²) in [5, 5.41) is 14.7. The van der Waals surface area contributed by atoms with Crippen LogP contribution in [-0.2, 0) is 0 Å². The summed E-state index contributed by atoms with van der Waals surface area (Å²) in [5.74, 6) is 0. The number of hydrogen-bond acceptors (Lipinski definition) is 3. The van der Waals surface area contributed by atoms with Crippen LogP contribution in [0.2, 0.25) is 0 Å². The van der Waals surface area contributed by atoms with Gasteiger partial charge in [-0.05, 0) is 24.0 Å². The summed E-state index contributed by atoms with van der Waals surface area (Å²) in [6, 6.07) is 0. The van der Waals surface area contributed by atoms with Gasteiger partial charge in [0.05, 0.1) is 5.70 Å². The molecule has 4 heteroatoms. The zero-order valence-electron chi connectivity index (χ0n) is 12.6. The first-order valence-electron chi connectivity index (χ1n) is 6.60. The van der Waals surface area contributed by atoms with Crippen LogP contribution in [0.15, 0.2) is 55.2 Å². The summed E-state index contributed by atoms with van der Waals surface area (Å²) < 4.78 is 1.59. The van der Waals surface area contributed by atoms with Crippen molar-refractivity contribution in [3.8, 4) is 0 Å². The van der Waals surface area contributed by atoms with E-state index in [1.807, 2.05) is 52.0 Å². The third kappa shape index (κ3) is 4.31. The Kier molecular flexibility index (Phi) is 5.65. The molecule has 108 valence electrons. The van der Waals surface area contributed by atoms with Gasteiger partial charge in [0, 0.05) is 0 Å². The normalized spacial score (nSPS) is 15.7. The Hall–Kier alpha value is -1.94. The zero-order valence-corrected chi connectivity index (χ0v) is 12.6. The number of hydrogen-bond donors (Lipinski definition) is 1. The fourth-order valence-corrected chi connectivity index (χ4v) is 1.61. The largest absolute Gasteiger partial charge is 0.386 e. The lowest BCUT2D eigenvalue weighted by atomic mass is 9.86. The highest BCUT2D eigenvalue weighted by Crippen LogP contribution is 2.28. The van der Waals surface area contributed by atoms with Crippen molar-refractivity contribution in [3.05, 3.63) is 55.2 Å². The van der Waals surface area contributed by atoms with Crippen molar-refractivity contribution < 1.29 is 5.11 Å². The van der Waals surface area contributed by atoms with Gasteiger partial charge in [0.25, 0.3) is 0 Å². The number of nitrogens with zero attached hydrogens (tertiary/aromatic N) is 3. The molecular formula is C16H23N3O. The molecule has 0 radical (unpaired) electrons. The van der Waals surface area contributed by atoms with E-state index < -0.39 is 6.10 Å². The van der Waals surface area contributed by atoms with Gasteiger partial charge in [-0.2, -0.15) is 5.10 Å². The maximum absolute atomic E-state index is 10.6. The van der Waals surface area contributed by atoms with Gasteiger partial charge >= 0.3 is 0 Å². The topological polar surface area (TPSA) is 50.9 Å². The molecule has 1 aromatic heterocycles. The number of rotatable bonds is 5. The maximum atomic E-state index is 10.6. The van der Waals surface area contributed by atoms with Gasteiger partial charge in [-0.1, -0.05) is 51.7 Å². The lowest BCUT2D eigenvalue weighted by Crippen LogP contribution is -2.30. The lowest BCUT2D eigenvalue weighted by Gasteiger charge is -2.28. The second-order valence-corrected chi connectivity index (χ2v) is 5.57. The molecule has 1 N–H and O–H groups in total. The Bertz CT molecular complexity index is 516. The van der Waals surface area contributed by atoms with Crippen molar-refractivity contribution in [1.82, 2.24) is 14.8 Å². The molecule has 0 aliphatic carbocycles. The minimum Gasteiger partial charge on any atom is -0.386 e. The van der Waals surface area contributed by atoms with E-state index >= 15 is 0 Å². The first kappa shape index (κ1) is 16.1. The number of aliphatic hydroxyl groups excluding tert-OH is 1. The van der Waals surface area contributed by atoms with Crippen molar-refractivity contribution in [3.63, 3.8) is 0 Å². The van der Waals surface area contributed by atoms with E-state index in [0.717, 1.165) is 5.57 Å². The van der Waals surface area contributed by atoms with Gasteiger partial charge in [0.2, 0.25) is 0 Å². The van der Waals surface area contributed by atoms with E-state index in [1.165, 1.54) is 6.33 Å². The summed E-state index contributed by atoms with van der Waals surface area (Å²) in [5.41, 5.74) is 1.27. The lowest BCUT2D eigenvalue weighted by molar-refractivity contribution is 0.108. The van der Waals surface area contributed by atoms with Crippen LogP contribution < -0.4 is 0 Å². The summed E-state index contributed by atoms with van der Waals surface area (Å²) >= 11 is 0. The van der Waals surface area contributed by atoms with E-state index in [9.17, 15) is 5.11 Å². The Morgan fingerprint density at radius 2 is 2.10 bits per heavy atom. The van der Waals surface area contributed by atoms with Crippen molar-refractivity contribution in [2.75, 3.05) is 0 Å². The van der Waals surface area contributed by atoms with E-state index in [0.29, 0.717) is 5.70 Å². The quantitative estimate of drug-likeness (QED) is 0.838. The molecule has 1 aromatic rings. The highest BCUT2D eigenvalue weighted by molar-refractivity contribution is 5.56. The molecule has 1 atom stereocenters. The van der Waals surface area contributed by atoms with Crippen molar-refractivity contribution in [1.29, 1.82) is 0 Å². The van der Waals surface area contributed by atoms with Crippen LogP contribution in [0.5, 0.6) is 0 Å². The SMILES string of the molecule is C=CC(=C\C=C/C)/C=C(\C(O)C(C)(C)C)n1cncn1. The predicted octanol–water partition coefficient (Wildman–Crippen LogP) is 3.21. The smallest absolute Gasteiger partial charge is 0.138 e. The third-order valence-corrected chi connectivity index (χ3v) is 2.82. The molecule has 0 bridgehead atoms. The van der Waals surface area contributed by atoms with E-state index in [4.69, 9.17) is 0 Å². The summed E-state index contributed by atoms with van der Waals surface area (Å²) in [6.07, 6.45) is 11.8. The molecule has 0 aliphatic rings. The molecule has 20 heavy (non-hydrogen) atoms. The molecule has 0 saturated carbocycles. The summed E-state index contributed by atoms with van der Waals surface area (Å²) in [7, 11) is 0. The van der Waals surface area contributed by atoms with Crippen LogP contribution in [-0.4, -0.2) is 26.0 Å². The highest BCUT2D eigenvalue weighted by Gasteiger charge is 2.27. The Morgan fingerprint density at radius 1 is 1.40 bits per heavy atom. The molecule has 1 heterocycles. The summed E-state index contributed by atoms with van der Waals surface area (Å²) in [4.78, 5) is 3.94. The standard InChI is InChI=1S/C16H23N3O/c1-6-8-9-13(7-2)10-14(15(20)16(3,4)5)19-12-17-11-18-19/h6-12,15,20H,2H2,1,3-5H3/b8-6-,13-9+,14-10+. The Morgan fingerprint density at radius 3 is 2.55 bits per heavy atom. The average molecular weight is 273 g/mol. The zero-order chi connectivity index (χ0) is 15.2. The minimum absolute atomic E-state index is 0.301. The first-order chi connectivity index (χ1) is 9.40. The molecule has 0 saturated heterocycles. The Labute approximate surface area is 120 Å². The van der Waals surface area contributed by atoms with Gasteiger partial charge in [-0.3, -0.25) is 0 Å². The van der Waals surface area contributed by atoms with Crippen LogP contribution in [0.3, 0.4) is 0 Å². The molecule has 0 aliphatic heterocycles. The van der Waals surface area contributed by atoms with Crippen LogP contribution in [0, 0.1) is 5.41 Å². The minimum atomic E-state index is -0.668. The highest BCUT2D eigenvalue weighted by atomic mass is 16.3. The molecule has 4 nitrogen and oxygen atoms in total. The van der Waals surface area contributed by atoms with Gasteiger partial charge in [0.15, 0.2) is 0 Å². The molecule has 0 aromatic carbocycles. The molecular weight excluding hydrogens is 250 g/mol. The van der Waals surface area contributed by atoms with E-state index in [-0.39, 0.29) is 5.41 Å². The number of aliphatic hydroxyl groups is 1. The first-order valence-corrected chi connectivity index (χ1v) is 6.60. The maximum Gasteiger partial charge on any atom is 0.138 e. The van der Waals surface area contributed by atoms with Crippen LogP contribution >= 0.6 is 0 Å². The van der Waals surface area contributed by atoms with Crippen LogP contribution in [0.25, 0.3) is 5.70 Å². The molecule has 0 spiro atoms. The van der Waals surface area contributed by atoms with Gasteiger partial charge in [-0.15, -0.1) is 0 Å². The number of aromatic nitrogens is 3. The third-order valence-electron chi connectivity index (χ3n) is 2.82. The molecule has 1 rings (SSSR count). The van der Waals surface area contributed by atoms with Crippen molar-refractivity contribution in [2.45, 2.75) is 33.8 Å². The summed E-state index contributed by atoms with van der Waals surface area (Å²) in [6.45, 7) is 11.7. The molecule has 1 unspecified atom stereocenters. The second kappa shape index (κ2) is 7.01. The molecule has 0 fully saturated rings. The Balaban J connectivity index is 3.28. The monoisotopic (exact) mass is 273 g/mol. The fraction of sp³-hybridized carbons (Fsp3) is 0.375. The van der Waals surface area contributed by atoms with E-state index in [1.54, 1.807) is 17.1 Å². The fourth-order valence-electron chi connectivity index (χ4n) is 1.61. The second-order valence-electron chi connectivity index (χ2n) is 5.57. The van der Waals surface area contributed by atoms with Gasteiger partial charge < -0.3 is 5.11 Å². The van der Waals surface area contributed by atoms with Crippen molar-refractivity contribution in [2.24, 2.45) is 5.41 Å². The van der Waals surface area contributed by atoms with Crippen LogP contribution in [0.1, 0.15) is 27.7 Å².